The van der Waals surface area contributed by atoms with Gasteiger partial charge in [0.15, 0.2) is 10.1 Å². The molecule has 130 valence electrons. The minimum Gasteiger partial charge on any atom is -0.467 e. The number of carbonyl (C=O) groups excluding carboxylic acids is 1. The fraction of sp³-hybridized carbons (Fsp3) is 0.105. The lowest BCUT2D eigenvalue weighted by atomic mass is 10.1. The van der Waals surface area contributed by atoms with E-state index < -0.39 is 0 Å². The molecule has 0 aliphatic heterocycles. The highest BCUT2D eigenvalue weighted by atomic mass is 32.2. The highest BCUT2D eigenvalue weighted by Crippen LogP contribution is 2.27. The second kappa shape index (κ2) is 7.72. The van der Waals surface area contributed by atoms with Crippen LogP contribution in [0.25, 0.3) is 10.8 Å². The Morgan fingerprint density at radius 2 is 1.96 bits per heavy atom. The number of nitrogens with one attached hydrogen (secondary N) is 1. The van der Waals surface area contributed by atoms with Crippen molar-refractivity contribution in [3.63, 3.8) is 0 Å². The summed E-state index contributed by atoms with van der Waals surface area (Å²) in [5.41, 5.74) is 0.719. The van der Waals surface area contributed by atoms with Gasteiger partial charge in [-0.2, -0.15) is 0 Å². The average Bonchev–Trinajstić information content (AvgIpc) is 3.36. The molecule has 0 fully saturated rings. The van der Waals surface area contributed by atoms with Crippen molar-refractivity contribution in [1.29, 1.82) is 0 Å². The fourth-order valence-electron chi connectivity index (χ4n) is 2.49. The van der Waals surface area contributed by atoms with Crippen molar-refractivity contribution in [2.75, 3.05) is 11.1 Å². The number of thioether (sulfide) groups is 1. The van der Waals surface area contributed by atoms with Crippen LogP contribution in [0.15, 0.2) is 69.6 Å². The number of carbonyl (C=O) groups is 1. The van der Waals surface area contributed by atoms with Gasteiger partial charge < -0.3 is 9.73 Å². The molecule has 2 heterocycles. The zero-order chi connectivity index (χ0) is 17.8. The minimum atomic E-state index is 0.0843. The highest BCUT2D eigenvalue weighted by Gasteiger charge is 2.11. The van der Waals surface area contributed by atoms with E-state index in [9.17, 15) is 4.79 Å². The van der Waals surface area contributed by atoms with Crippen LogP contribution < -0.4 is 5.32 Å². The van der Waals surface area contributed by atoms with Gasteiger partial charge in [-0.1, -0.05) is 59.5 Å². The van der Waals surface area contributed by atoms with Gasteiger partial charge in [0.05, 0.1) is 18.6 Å². The Balaban J connectivity index is 1.35. The van der Waals surface area contributed by atoms with Crippen LogP contribution in [0.4, 0.5) is 5.13 Å². The van der Waals surface area contributed by atoms with Gasteiger partial charge in [0.1, 0.15) is 5.76 Å². The molecule has 0 saturated carbocycles. The Labute approximate surface area is 158 Å². The molecule has 0 aliphatic carbocycles. The topological polar surface area (TPSA) is 68.0 Å². The summed E-state index contributed by atoms with van der Waals surface area (Å²) in [4.78, 5) is 12.5. The summed E-state index contributed by atoms with van der Waals surface area (Å²) < 4.78 is 6.03. The summed E-state index contributed by atoms with van der Waals surface area (Å²) in [6, 6.07) is 17.6. The average molecular weight is 381 g/mol. The van der Waals surface area contributed by atoms with E-state index in [-0.39, 0.29) is 5.78 Å². The number of fused-ring (bicyclic) bond motifs is 1. The number of nitrogens with zero attached hydrogens (tertiary/aromatic N) is 2. The number of Topliss-reactive ketones (excluding diaryl/α,β-unsaturated/α-hetero) is 1. The van der Waals surface area contributed by atoms with Crippen LogP contribution in [0.5, 0.6) is 0 Å². The van der Waals surface area contributed by atoms with Crippen molar-refractivity contribution in [2.45, 2.75) is 10.9 Å². The Hall–Kier alpha value is -2.64. The molecule has 7 heteroatoms. The van der Waals surface area contributed by atoms with Gasteiger partial charge in [0.25, 0.3) is 0 Å². The number of anilines is 1. The Morgan fingerprint density at radius 1 is 1.08 bits per heavy atom. The molecule has 0 atom stereocenters. The van der Waals surface area contributed by atoms with Crippen molar-refractivity contribution in [2.24, 2.45) is 0 Å². The summed E-state index contributed by atoms with van der Waals surface area (Å²) in [5.74, 6) is 1.26. The van der Waals surface area contributed by atoms with E-state index in [0.29, 0.717) is 17.4 Å². The predicted molar refractivity (Wildman–Crippen MR) is 105 cm³/mol. The summed E-state index contributed by atoms with van der Waals surface area (Å²) in [6.07, 6.45) is 1.64. The minimum absolute atomic E-state index is 0.0843. The number of aromatic nitrogens is 2. The van der Waals surface area contributed by atoms with E-state index in [1.54, 1.807) is 6.26 Å². The van der Waals surface area contributed by atoms with E-state index in [0.717, 1.165) is 26.4 Å². The third-order valence-electron chi connectivity index (χ3n) is 3.80. The maximum Gasteiger partial charge on any atom is 0.206 e. The molecular weight excluding hydrogens is 366 g/mol. The van der Waals surface area contributed by atoms with Crippen LogP contribution in [0.3, 0.4) is 0 Å². The molecule has 1 N–H and O–H groups in total. The molecule has 0 spiro atoms. The fourth-order valence-corrected chi connectivity index (χ4v) is 4.13. The molecule has 0 amide bonds. The number of hydrogen-bond donors (Lipinski definition) is 1. The first-order valence-corrected chi connectivity index (χ1v) is 9.83. The molecule has 4 aromatic rings. The van der Waals surface area contributed by atoms with E-state index in [1.165, 1.54) is 23.1 Å². The molecule has 0 bridgehead atoms. The second-order valence-electron chi connectivity index (χ2n) is 5.58. The van der Waals surface area contributed by atoms with Gasteiger partial charge in [-0.3, -0.25) is 4.79 Å². The summed E-state index contributed by atoms with van der Waals surface area (Å²) in [6.45, 7) is 0.558. The van der Waals surface area contributed by atoms with Crippen molar-refractivity contribution in [3.8, 4) is 0 Å². The Bertz CT molecular complexity index is 1030. The van der Waals surface area contributed by atoms with E-state index in [4.69, 9.17) is 4.42 Å². The first kappa shape index (κ1) is 16.8. The quantitative estimate of drug-likeness (QED) is 0.364. The number of furan rings is 1. The standard InChI is InChI=1S/C19H15N3O2S2/c23-17(15-8-7-13-4-1-2-5-14(13)10-15)12-25-19-22-21-18(26-19)20-11-16-6-3-9-24-16/h1-10H,11-12H2,(H,20,21). The maximum atomic E-state index is 12.5. The molecule has 26 heavy (non-hydrogen) atoms. The largest absolute Gasteiger partial charge is 0.467 e. The van der Waals surface area contributed by atoms with Crippen molar-refractivity contribution < 1.29 is 9.21 Å². The molecule has 0 saturated heterocycles. The summed E-state index contributed by atoms with van der Waals surface area (Å²) in [5, 5.41) is 14.3. The van der Waals surface area contributed by atoms with E-state index >= 15 is 0 Å². The lowest BCUT2D eigenvalue weighted by Gasteiger charge is -2.02. The number of benzene rings is 2. The molecule has 2 aromatic carbocycles. The van der Waals surface area contributed by atoms with Crippen LogP contribution in [-0.2, 0) is 6.54 Å². The van der Waals surface area contributed by atoms with Gasteiger partial charge in [-0.05, 0) is 29.0 Å². The normalized spacial score (nSPS) is 10.9. The van der Waals surface area contributed by atoms with Crippen LogP contribution in [0, 0.1) is 0 Å². The van der Waals surface area contributed by atoms with Gasteiger partial charge in [0, 0.05) is 5.56 Å². The van der Waals surface area contributed by atoms with Crippen molar-refractivity contribution >= 4 is 44.8 Å². The van der Waals surface area contributed by atoms with Crippen LogP contribution in [0.2, 0.25) is 0 Å². The van der Waals surface area contributed by atoms with Gasteiger partial charge in [-0.15, -0.1) is 10.2 Å². The molecule has 0 aliphatic rings. The van der Waals surface area contributed by atoms with E-state index in [2.05, 4.69) is 15.5 Å². The molecule has 4 rings (SSSR count). The van der Waals surface area contributed by atoms with Crippen LogP contribution in [0.1, 0.15) is 16.1 Å². The van der Waals surface area contributed by atoms with Gasteiger partial charge in [0.2, 0.25) is 5.13 Å². The number of rotatable bonds is 7. The van der Waals surface area contributed by atoms with Crippen LogP contribution >= 0.6 is 23.1 Å². The third kappa shape index (κ3) is 3.95. The Kier molecular flexibility index (Phi) is 4.99. The SMILES string of the molecule is O=C(CSc1nnc(NCc2ccco2)s1)c1ccc2ccccc2c1. The van der Waals surface area contributed by atoms with Crippen molar-refractivity contribution in [1.82, 2.24) is 10.2 Å². The second-order valence-corrected chi connectivity index (χ2v) is 7.78. The zero-order valence-corrected chi connectivity index (χ0v) is 15.3. The monoisotopic (exact) mass is 381 g/mol. The van der Waals surface area contributed by atoms with Gasteiger partial charge in [-0.25, -0.2) is 0 Å². The van der Waals surface area contributed by atoms with Gasteiger partial charge >= 0.3 is 0 Å². The maximum absolute atomic E-state index is 12.5. The zero-order valence-electron chi connectivity index (χ0n) is 13.7. The Morgan fingerprint density at radius 3 is 2.81 bits per heavy atom. The molecule has 0 radical (unpaired) electrons. The van der Waals surface area contributed by atoms with Crippen LogP contribution in [-0.4, -0.2) is 21.7 Å². The summed E-state index contributed by atoms with van der Waals surface area (Å²) >= 11 is 2.84. The predicted octanol–water partition coefficient (Wildman–Crippen LogP) is 4.87. The smallest absolute Gasteiger partial charge is 0.206 e. The molecular formula is C19H15N3O2S2. The molecule has 0 unspecified atom stereocenters. The lowest BCUT2D eigenvalue weighted by molar-refractivity contribution is 0.102. The third-order valence-corrected chi connectivity index (χ3v) is 5.81. The summed E-state index contributed by atoms with van der Waals surface area (Å²) in [7, 11) is 0. The highest BCUT2D eigenvalue weighted by molar-refractivity contribution is 8.01. The molecule has 2 aromatic heterocycles. The lowest BCUT2D eigenvalue weighted by Crippen LogP contribution is -2.02. The number of hydrogen-bond acceptors (Lipinski definition) is 7. The first-order chi connectivity index (χ1) is 12.8. The van der Waals surface area contributed by atoms with E-state index in [1.807, 2.05) is 54.6 Å². The number of ketones is 1. The molecule has 5 nitrogen and oxygen atoms in total. The first-order valence-electron chi connectivity index (χ1n) is 8.02. The van der Waals surface area contributed by atoms with Crippen molar-refractivity contribution in [3.05, 3.63) is 72.2 Å².